The SMILES string of the molecule is COCCOCC(C)(COC)Nc1nnc(-c2cccc(Cl)c2Cl)c(N)n1. The van der Waals surface area contributed by atoms with Crippen LogP contribution in [0.25, 0.3) is 11.3 Å². The number of aromatic nitrogens is 3. The normalized spacial score (nSPS) is 13.4. The van der Waals surface area contributed by atoms with E-state index in [1.807, 2.05) is 6.92 Å². The predicted octanol–water partition coefficient (Wildman–Crippen LogP) is 2.91. The van der Waals surface area contributed by atoms with E-state index in [2.05, 4.69) is 20.5 Å². The van der Waals surface area contributed by atoms with E-state index in [1.165, 1.54) is 0 Å². The van der Waals surface area contributed by atoms with Gasteiger partial charge < -0.3 is 25.3 Å². The van der Waals surface area contributed by atoms with E-state index in [4.69, 9.17) is 43.1 Å². The van der Waals surface area contributed by atoms with Crippen molar-refractivity contribution in [2.45, 2.75) is 12.5 Å². The summed E-state index contributed by atoms with van der Waals surface area (Å²) >= 11 is 12.3. The molecule has 2 aromatic rings. The number of nitrogens with zero attached hydrogens (tertiary/aromatic N) is 3. The summed E-state index contributed by atoms with van der Waals surface area (Å²) < 4.78 is 15.9. The second-order valence-electron chi connectivity index (χ2n) is 6.13. The van der Waals surface area contributed by atoms with Crippen LogP contribution in [-0.2, 0) is 14.2 Å². The molecule has 1 atom stereocenters. The molecule has 0 bridgehead atoms. The lowest BCUT2D eigenvalue weighted by molar-refractivity contribution is 0.0291. The summed E-state index contributed by atoms with van der Waals surface area (Å²) in [4.78, 5) is 4.29. The van der Waals surface area contributed by atoms with Crippen molar-refractivity contribution in [1.29, 1.82) is 0 Å². The van der Waals surface area contributed by atoms with Crippen LogP contribution in [0.15, 0.2) is 18.2 Å². The lowest BCUT2D eigenvalue weighted by Crippen LogP contribution is -2.45. The molecule has 2 rings (SSSR count). The number of nitrogen functional groups attached to an aromatic ring is 1. The first-order chi connectivity index (χ1) is 12.9. The van der Waals surface area contributed by atoms with E-state index in [0.717, 1.165) is 0 Å². The first kappa shape index (κ1) is 21.6. The van der Waals surface area contributed by atoms with E-state index < -0.39 is 5.54 Å². The van der Waals surface area contributed by atoms with Crippen molar-refractivity contribution in [2.24, 2.45) is 0 Å². The van der Waals surface area contributed by atoms with Gasteiger partial charge in [0.2, 0.25) is 5.95 Å². The molecule has 0 saturated carbocycles. The smallest absolute Gasteiger partial charge is 0.245 e. The summed E-state index contributed by atoms with van der Waals surface area (Å²) in [5.74, 6) is 0.432. The van der Waals surface area contributed by atoms with E-state index >= 15 is 0 Å². The molecule has 1 heterocycles. The molecule has 8 nitrogen and oxygen atoms in total. The molecule has 1 aromatic heterocycles. The first-order valence-electron chi connectivity index (χ1n) is 8.18. The highest BCUT2D eigenvalue weighted by Crippen LogP contribution is 2.34. The summed E-state index contributed by atoms with van der Waals surface area (Å²) in [5, 5.41) is 12.2. The van der Waals surface area contributed by atoms with Crippen molar-refractivity contribution in [3.8, 4) is 11.3 Å². The van der Waals surface area contributed by atoms with E-state index in [1.54, 1.807) is 32.4 Å². The summed E-state index contributed by atoms with van der Waals surface area (Å²) in [5.41, 5.74) is 6.42. The van der Waals surface area contributed by atoms with Gasteiger partial charge in [0.15, 0.2) is 5.82 Å². The number of nitrogens with two attached hydrogens (primary N) is 1. The molecule has 0 aliphatic rings. The highest BCUT2D eigenvalue weighted by molar-refractivity contribution is 6.43. The monoisotopic (exact) mass is 415 g/mol. The molecule has 0 amide bonds. The third-order valence-electron chi connectivity index (χ3n) is 3.65. The molecule has 0 aliphatic heterocycles. The van der Waals surface area contributed by atoms with E-state index in [9.17, 15) is 0 Å². The third kappa shape index (κ3) is 5.88. The zero-order chi connectivity index (χ0) is 19.9. The number of methoxy groups -OCH3 is 2. The molecule has 148 valence electrons. The zero-order valence-corrected chi connectivity index (χ0v) is 17.0. The largest absolute Gasteiger partial charge is 0.382 e. The summed E-state index contributed by atoms with van der Waals surface area (Å²) in [6.07, 6.45) is 0. The molecule has 0 aliphatic carbocycles. The summed E-state index contributed by atoms with van der Waals surface area (Å²) in [6, 6.07) is 5.19. The maximum absolute atomic E-state index is 6.23. The maximum Gasteiger partial charge on any atom is 0.245 e. The minimum absolute atomic E-state index is 0.178. The van der Waals surface area contributed by atoms with E-state index in [-0.39, 0.29) is 11.8 Å². The second kappa shape index (κ2) is 10.0. The van der Waals surface area contributed by atoms with Gasteiger partial charge in [-0.25, -0.2) is 0 Å². The number of halogens is 2. The van der Waals surface area contributed by atoms with Crippen molar-refractivity contribution in [2.75, 3.05) is 51.7 Å². The molecule has 27 heavy (non-hydrogen) atoms. The van der Waals surface area contributed by atoms with Gasteiger partial charge in [-0.05, 0) is 13.0 Å². The van der Waals surface area contributed by atoms with Gasteiger partial charge >= 0.3 is 0 Å². The summed E-state index contributed by atoms with van der Waals surface area (Å²) in [6.45, 7) is 3.61. The zero-order valence-electron chi connectivity index (χ0n) is 15.5. The maximum atomic E-state index is 6.23. The van der Waals surface area contributed by atoms with Gasteiger partial charge in [-0.1, -0.05) is 35.3 Å². The Bertz CT molecular complexity index is 765. The molecule has 1 unspecified atom stereocenters. The number of nitrogens with one attached hydrogen (secondary N) is 1. The van der Waals surface area contributed by atoms with Gasteiger partial charge in [-0.15, -0.1) is 10.2 Å². The van der Waals surface area contributed by atoms with E-state index in [0.29, 0.717) is 47.7 Å². The van der Waals surface area contributed by atoms with Crippen LogP contribution in [0.2, 0.25) is 10.0 Å². The van der Waals surface area contributed by atoms with Gasteiger partial charge in [-0.2, -0.15) is 4.98 Å². The van der Waals surface area contributed by atoms with Crippen molar-refractivity contribution >= 4 is 35.0 Å². The molecule has 0 saturated heterocycles. The van der Waals surface area contributed by atoms with Crippen LogP contribution >= 0.6 is 23.2 Å². The highest BCUT2D eigenvalue weighted by atomic mass is 35.5. The Balaban J connectivity index is 2.18. The average molecular weight is 416 g/mol. The third-order valence-corrected chi connectivity index (χ3v) is 4.47. The van der Waals surface area contributed by atoms with Crippen molar-refractivity contribution in [1.82, 2.24) is 15.2 Å². The van der Waals surface area contributed by atoms with Crippen LogP contribution in [0.5, 0.6) is 0 Å². The van der Waals surface area contributed by atoms with Crippen LogP contribution in [0.3, 0.4) is 0 Å². The Morgan fingerprint density at radius 3 is 2.56 bits per heavy atom. The molecule has 3 N–H and O–H groups in total. The minimum atomic E-state index is -0.578. The first-order valence-corrected chi connectivity index (χ1v) is 8.94. The number of hydrogen-bond donors (Lipinski definition) is 2. The van der Waals surface area contributed by atoms with Crippen LogP contribution in [-0.4, -0.2) is 61.4 Å². The van der Waals surface area contributed by atoms with Crippen molar-refractivity contribution in [3.05, 3.63) is 28.2 Å². The molecule has 1 aromatic carbocycles. The fourth-order valence-electron chi connectivity index (χ4n) is 2.41. The molecule has 0 fully saturated rings. The van der Waals surface area contributed by atoms with Crippen molar-refractivity contribution < 1.29 is 14.2 Å². The molecule has 0 spiro atoms. The number of benzene rings is 1. The van der Waals surface area contributed by atoms with Gasteiger partial charge in [0, 0.05) is 19.8 Å². The summed E-state index contributed by atoms with van der Waals surface area (Å²) in [7, 11) is 3.22. The number of ether oxygens (including phenoxy) is 3. The topological polar surface area (TPSA) is 104 Å². The predicted molar refractivity (Wildman–Crippen MR) is 106 cm³/mol. The quantitative estimate of drug-likeness (QED) is 0.570. The number of rotatable bonds is 10. The van der Waals surface area contributed by atoms with Crippen LogP contribution in [0.4, 0.5) is 11.8 Å². The Morgan fingerprint density at radius 2 is 1.89 bits per heavy atom. The highest BCUT2D eigenvalue weighted by Gasteiger charge is 2.26. The fourth-order valence-corrected chi connectivity index (χ4v) is 2.80. The molecular weight excluding hydrogens is 393 g/mol. The number of hydrogen-bond acceptors (Lipinski definition) is 8. The van der Waals surface area contributed by atoms with Crippen molar-refractivity contribution in [3.63, 3.8) is 0 Å². The van der Waals surface area contributed by atoms with Gasteiger partial charge in [-0.3, -0.25) is 0 Å². The van der Waals surface area contributed by atoms with Crippen LogP contribution in [0.1, 0.15) is 6.92 Å². The number of anilines is 2. The second-order valence-corrected chi connectivity index (χ2v) is 6.92. The minimum Gasteiger partial charge on any atom is -0.382 e. The van der Waals surface area contributed by atoms with Gasteiger partial charge in [0.05, 0.1) is 42.0 Å². The van der Waals surface area contributed by atoms with Gasteiger partial charge in [0.25, 0.3) is 0 Å². The van der Waals surface area contributed by atoms with Crippen LogP contribution in [0, 0.1) is 0 Å². The molecule has 0 radical (unpaired) electrons. The lowest BCUT2D eigenvalue weighted by Gasteiger charge is -2.29. The lowest BCUT2D eigenvalue weighted by atomic mass is 10.1. The Morgan fingerprint density at radius 1 is 1.11 bits per heavy atom. The standard InChI is InChI=1S/C17H23Cl2N5O3/c1-17(9-26-3,10-27-8-7-25-2)22-16-21-15(20)14(23-24-16)11-5-4-6-12(18)13(11)19/h4-6H,7-10H2,1-3H3,(H3,20,21,22,24). The Labute approximate surface area is 168 Å². The Hall–Kier alpha value is -1.71. The fraction of sp³-hybridized carbons (Fsp3) is 0.471. The Kier molecular flexibility index (Phi) is 8.00. The molecule has 10 heteroatoms. The van der Waals surface area contributed by atoms with Crippen LogP contribution < -0.4 is 11.1 Å². The van der Waals surface area contributed by atoms with Gasteiger partial charge in [0.1, 0.15) is 5.69 Å². The molecular formula is C17H23Cl2N5O3. The average Bonchev–Trinajstić information content (AvgIpc) is 2.62.